The van der Waals surface area contributed by atoms with Gasteiger partial charge in [0.25, 0.3) is 0 Å². The number of hydrogen-bond donors (Lipinski definition) is 5. The van der Waals surface area contributed by atoms with Crippen molar-refractivity contribution in [3.8, 4) is 37.6 Å². The minimum Gasteiger partial charge on any atom is -0.748 e. The molecule has 4 aliphatic heterocycles. The number of aliphatic hydroxyl groups excluding tert-OH is 5. The van der Waals surface area contributed by atoms with Gasteiger partial charge in [0.2, 0.25) is 0 Å². The zero-order valence-corrected chi connectivity index (χ0v) is 65.8. The molecule has 100 heavy (non-hydrogen) atoms. The SMILES string of the molecule is C#COC(COC)COC1OC(CS(=O)(=O)[O-])[C@@H](O)C(O)C1O.C#COC(COC)COC1OC(CS(=O)(=O)[O-])[C@@H](OC)C(OC)C1OC.C#COC(COC)COC1OC(C[S-](=C)=C=O)[C@@H](OC)C(OC)C1OC.C=[S-](=C=O)CC1OC(OCC(O)CO)C(OC)C(OC)[C@@H]1OC.[Na+].[Na+]. The van der Waals surface area contributed by atoms with Gasteiger partial charge in [-0.15, -0.1) is 0 Å². The molecular weight excluding hydrogens is 1450 g/mol. The minimum absolute atomic E-state index is 0. The molecule has 0 bridgehead atoms. The van der Waals surface area contributed by atoms with Gasteiger partial charge < -0.3 is 164 Å². The third-order valence-corrected chi connectivity index (χ3v) is 17.8. The molecule has 4 rings (SSSR count). The zero-order chi connectivity index (χ0) is 74.3. The molecule has 0 aromatic carbocycles. The van der Waals surface area contributed by atoms with E-state index in [2.05, 4.69) is 17.8 Å². The fraction of sp³-hybridized carbons (Fsp3) is 0.828. The van der Waals surface area contributed by atoms with Crippen molar-refractivity contribution in [3.05, 3.63) is 0 Å². The second-order valence-electron chi connectivity index (χ2n) is 21.0. The number of carbonyl (C=O) groups excluding carboxylic acids is 2. The average molecular weight is 1540 g/mol. The normalized spacial score (nSPS) is 30.8. The molecule has 4 saturated heterocycles. The Kier molecular flexibility index (Phi) is 55.3. The molecule has 0 aliphatic carbocycles. The minimum atomic E-state index is -4.72. The predicted molar refractivity (Wildman–Crippen MR) is 343 cm³/mol. The van der Waals surface area contributed by atoms with Gasteiger partial charge in [-0.25, -0.2) is 28.6 Å². The second-order valence-corrected chi connectivity index (χ2v) is 26.9. The molecule has 0 radical (unpaired) electrons. The number of methoxy groups -OCH3 is 12. The number of terminal acetylenes is 3. The van der Waals surface area contributed by atoms with E-state index in [9.17, 15) is 56.0 Å². The Labute approximate surface area is 633 Å². The van der Waals surface area contributed by atoms with Crippen LogP contribution in [0.25, 0.3) is 0 Å². The van der Waals surface area contributed by atoms with Crippen molar-refractivity contribution in [2.24, 2.45) is 0 Å². The van der Waals surface area contributed by atoms with Crippen LogP contribution in [0, 0.1) is 37.6 Å². The standard InChI is InChI=1S/C17H27O8S.C15H26O10S.C14H25O8S.C12H20O10S.2Na/c1-7-23-12(8-19-2)9-24-17-16(22-5)15(21-4)14(20-3)13(25-17)10-26(6)11-18;1-6-23-10(7-19-2)8-24-15-14(22-5)13(21-4)12(20-3)11(25-15)9-26(16,17)18;1-18-11-10(7-23(4)8-16)22-14(21-6-9(17)5-15)13(20-3)12(11)19-2;1-3-20-7(4-19-2)5-21-12-11(15)10(14)9(13)8(22-12)6-23(16,17)18;;/h1,12-17H,6,8-10H2,2-5H3;1,10-15H,7-9H2,2-5H3,(H,16,17,18);9-15,17H,4-7H2,1-3H3;1,7-15H,4-6H2,2H3,(H,16,17,18);;/q-1;;-1;;2*+1/p-2/t12?,13?,14-,15?,16?,17?;10?,11?,12-,13?,14?,15?;9?,10?,11-,12?,13?,14?;7?,8?,9-,10?,11?,12?;;/m1111../s1. The number of rotatable bonds is 39. The molecule has 0 amide bonds. The van der Waals surface area contributed by atoms with E-state index in [0.29, 0.717) is 11.5 Å². The number of aliphatic hydroxyl groups is 5. The van der Waals surface area contributed by atoms with E-state index in [4.69, 9.17) is 133 Å². The van der Waals surface area contributed by atoms with Crippen molar-refractivity contribution in [1.82, 2.24) is 0 Å². The molecule has 0 saturated carbocycles. The van der Waals surface area contributed by atoms with Gasteiger partial charge in [-0.1, -0.05) is 30.8 Å². The molecule has 572 valence electrons. The predicted octanol–water partition coefficient (Wildman–Crippen LogP) is -12.3. The quantitative estimate of drug-likeness (QED) is 0.0125. The van der Waals surface area contributed by atoms with Crippen molar-refractivity contribution in [1.29, 1.82) is 0 Å². The van der Waals surface area contributed by atoms with Crippen molar-refractivity contribution in [3.63, 3.8) is 0 Å². The van der Waals surface area contributed by atoms with E-state index in [1.807, 2.05) is 22.7 Å². The van der Waals surface area contributed by atoms with Gasteiger partial charge in [0.1, 0.15) is 110 Å². The van der Waals surface area contributed by atoms with E-state index in [1.165, 1.54) is 71.1 Å². The van der Waals surface area contributed by atoms with Gasteiger partial charge in [-0.05, 0) is 10.5 Å². The van der Waals surface area contributed by atoms with Gasteiger partial charge in [0.15, 0.2) is 43.5 Å². The molecule has 24 atom stereocenters. The molecular formula is C58H96Na2O36S4-2. The fourth-order valence-corrected chi connectivity index (χ4v) is 12.8. The molecule has 0 aromatic heterocycles. The summed E-state index contributed by atoms with van der Waals surface area (Å²) in [5.41, 5.74) is 0. The Morgan fingerprint density at radius 2 is 0.710 bits per heavy atom. The van der Waals surface area contributed by atoms with E-state index in [-0.39, 0.29) is 105 Å². The number of ether oxygens (including phenoxy) is 23. The fourth-order valence-electron chi connectivity index (χ4n) is 9.96. The molecule has 20 unspecified atom stereocenters. The van der Waals surface area contributed by atoms with E-state index < -0.39 is 206 Å². The van der Waals surface area contributed by atoms with Crippen molar-refractivity contribution >= 4 is 62.6 Å². The van der Waals surface area contributed by atoms with E-state index in [0.717, 1.165) is 0 Å². The molecule has 4 aliphatic rings. The molecule has 4 heterocycles. The van der Waals surface area contributed by atoms with Crippen LogP contribution in [0.5, 0.6) is 0 Å². The van der Waals surface area contributed by atoms with E-state index >= 15 is 0 Å². The first kappa shape index (κ1) is 101. The average Bonchev–Trinajstić information content (AvgIpc) is 0.817. The van der Waals surface area contributed by atoms with Crippen LogP contribution in [0.3, 0.4) is 0 Å². The van der Waals surface area contributed by atoms with Crippen molar-refractivity contribution in [2.45, 2.75) is 147 Å². The summed E-state index contributed by atoms with van der Waals surface area (Å²) in [5, 5.41) is 51.2. The molecule has 0 aromatic rings. The summed E-state index contributed by atoms with van der Waals surface area (Å²) in [7, 11) is 6.72. The van der Waals surface area contributed by atoms with Crippen LogP contribution >= 0.6 is 0 Å². The van der Waals surface area contributed by atoms with Gasteiger partial charge in [0, 0.05) is 85.3 Å². The Hall–Kier alpha value is -1.50. The maximum absolute atomic E-state index is 11.2. The monoisotopic (exact) mass is 1540 g/mol. The van der Waals surface area contributed by atoms with Crippen LogP contribution in [0.1, 0.15) is 0 Å². The van der Waals surface area contributed by atoms with Crippen LogP contribution in [0.4, 0.5) is 0 Å². The maximum Gasteiger partial charge on any atom is 1.00 e. The summed E-state index contributed by atoms with van der Waals surface area (Å²) >= 11 is 0. The number of hydrogen-bond acceptors (Lipinski definition) is 38. The third kappa shape index (κ3) is 35.0. The van der Waals surface area contributed by atoms with Crippen LogP contribution < -0.4 is 59.1 Å². The summed E-state index contributed by atoms with van der Waals surface area (Å²) in [6.45, 7) is -0.165. The Morgan fingerprint density at radius 3 is 0.990 bits per heavy atom. The molecule has 36 nitrogen and oxygen atoms in total. The van der Waals surface area contributed by atoms with Crippen LogP contribution in [0.2, 0.25) is 0 Å². The first-order chi connectivity index (χ1) is 46.6. The van der Waals surface area contributed by atoms with Gasteiger partial charge in [-0.2, -0.15) is 0 Å². The largest absolute Gasteiger partial charge is 1.00 e. The Bertz CT molecular complexity index is 2720. The van der Waals surface area contributed by atoms with Crippen LogP contribution in [0.15, 0.2) is 0 Å². The molecule has 42 heteroatoms. The van der Waals surface area contributed by atoms with Crippen LogP contribution in [-0.4, -0.2) is 382 Å². The van der Waals surface area contributed by atoms with Crippen molar-refractivity contribution in [2.75, 3.05) is 161 Å². The van der Waals surface area contributed by atoms with Gasteiger partial charge in [-0.3, -0.25) is 9.59 Å². The third-order valence-electron chi connectivity index (χ3n) is 14.4. The van der Waals surface area contributed by atoms with Crippen molar-refractivity contribution < 1.29 is 229 Å². The Morgan fingerprint density at radius 1 is 0.430 bits per heavy atom. The topological polar surface area (TPSA) is 462 Å². The smallest absolute Gasteiger partial charge is 0.748 e. The van der Waals surface area contributed by atoms with E-state index in [1.54, 1.807) is 14.2 Å². The summed E-state index contributed by atoms with van der Waals surface area (Å²) < 4.78 is 189. The molecule has 5 N–H and O–H groups in total. The summed E-state index contributed by atoms with van der Waals surface area (Å²) in [6, 6.07) is 0. The summed E-state index contributed by atoms with van der Waals surface area (Å²) in [6.07, 6.45) is 0.313. The molecule has 4 fully saturated rings. The van der Waals surface area contributed by atoms with Gasteiger partial charge in [0.05, 0.1) is 96.8 Å². The van der Waals surface area contributed by atoms with Crippen LogP contribution in [-0.2, 0) is 159 Å². The molecule has 0 spiro atoms. The second kappa shape index (κ2) is 55.0. The maximum atomic E-state index is 11.2. The zero-order valence-electron chi connectivity index (χ0n) is 58.5. The Balaban J connectivity index is 0. The summed E-state index contributed by atoms with van der Waals surface area (Å²) in [4.78, 5) is 21.6. The van der Waals surface area contributed by atoms with Gasteiger partial charge >= 0.3 is 59.1 Å². The first-order valence-electron chi connectivity index (χ1n) is 29.2. The summed E-state index contributed by atoms with van der Waals surface area (Å²) in [5.74, 6) is 6.21. The first-order valence-corrected chi connectivity index (χ1v) is 35.5.